The van der Waals surface area contributed by atoms with Crippen molar-refractivity contribution in [3.05, 3.63) is 71.8 Å². The topological polar surface area (TPSA) is 122 Å². The van der Waals surface area contributed by atoms with Gasteiger partial charge in [-0.3, -0.25) is 14.3 Å². The summed E-state index contributed by atoms with van der Waals surface area (Å²) >= 11 is 1.60. The number of likely N-dealkylation sites (tertiary alicyclic amines) is 1. The number of carbonyl (C=O) groups is 2. The molecule has 6 rings (SSSR count). The van der Waals surface area contributed by atoms with Gasteiger partial charge in [-0.15, -0.1) is 11.3 Å². The Bertz CT molecular complexity index is 1640. The summed E-state index contributed by atoms with van der Waals surface area (Å²) in [5, 5.41) is 18.1. The van der Waals surface area contributed by atoms with Crippen LogP contribution in [-0.2, 0) is 16.1 Å². The predicted octanol–water partition coefficient (Wildman–Crippen LogP) is 5.03. The van der Waals surface area contributed by atoms with E-state index >= 15 is 0 Å². The molecule has 1 aromatic carbocycles. The molecule has 45 heavy (non-hydrogen) atoms. The number of hydrogen-bond acceptors (Lipinski definition) is 8. The van der Waals surface area contributed by atoms with Gasteiger partial charge in [0.15, 0.2) is 0 Å². The summed E-state index contributed by atoms with van der Waals surface area (Å²) in [6.45, 7) is 8.54. The van der Waals surface area contributed by atoms with Crippen molar-refractivity contribution in [2.24, 2.45) is 11.8 Å². The number of aliphatic hydroxyl groups is 1. The van der Waals surface area contributed by atoms with Crippen LogP contribution in [0.25, 0.3) is 21.6 Å². The number of thiazole rings is 1. The molecule has 0 spiro atoms. The van der Waals surface area contributed by atoms with E-state index in [4.69, 9.17) is 4.74 Å². The molecule has 3 aromatic heterocycles. The van der Waals surface area contributed by atoms with Gasteiger partial charge in [-0.1, -0.05) is 45.0 Å². The van der Waals surface area contributed by atoms with Crippen molar-refractivity contribution in [3.63, 3.8) is 0 Å². The predicted molar refractivity (Wildman–Crippen MR) is 172 cm³/mol. The van der Waals surface area contributed by atoms with Crippen LogP contribution in [0.1, 0.15) is 57.3 Å². The highest BCUT2D eigenvalue weighted by atomic mass is 32.1. The standard InChI is InChI=1S/C34H40N6O4S/c1-20(2)31(40-17-26(16-38-40)25-9-10-35-30(13-25)44-28-11-21(3)12-28)34(43)39-18-27(41)14-29(39)33(42)36-15-23-5-7-24(8-6-23)32-22(4)37-19-45-32/h5-10,13,16-17,19-21,27-29,31,41H,11-12,14-15,18H2,1-4H3,(H,36,42)/t21?,27-,28?,29+,31?/m1/s1. The third-order valence-corrected chi connectivity index (χ3v) is 9.73. The maximum Gasteiger partial charge on any atom is 0.248 e. The lowest BCUT2D eigenvalue weighted by Crippen LogP contribution is -2.49. The van der Waals surface area contributed by atoms with Crippen LogP contribution in [0.3, 0.4) is 0 Å². The Morgan fingerprint density at radius 3 is 2.56 bits per heavy atom. The lowest BCUT2D eigenvalue weighted by atomic mass is 9.84. The first-order chi connectivity index (χ1) is 21.7. The molecule has 1 saturated carbocycles. The lowest BCUT2D eigenvalue weighted by molar-refractivity contribution is -0.142. The molecular weight excluding hydrogens is 588 g/mol. The number of nitrogens with zero attached hydrogens (tertiary/aromatic N) is 5. The highest BCUT2D eigenvalue weighted by molar-refractivity contribution is 7.13. The van der Waals surface area contributed by atoms with Crippen LogP contribution in [0.5, 0.6) is 5.88 Å². The number of aromatic nitrogens is 4. The maximum absolute atomic E-state index is 14.0. The van der Waals surface area contributed by atoms with Gasteiger partial charge in [0, 0.05) is 43.5 Å². The van der Waals surface area contributed by atoms with Gasteiger partial charge in [0.05, 0.1) is 28.4 Å². The molecule has 2 N–H and O–H groups in total. The molecule has 236 valence electrons. The summed E-state index contributed by atoms with van der Waals surface area (Å²) in [6, 6.07) is 10.4. The number of rotatable bonds is 10. The number of benzene rings is 1. The van der Waals surface area contributed by atoms with Crippen molar-refractivity contribution in [2.75, 3.05) is 6.54 Å². The molecule has 4 heterocycles. The molecule has 11 heteroatoms. The highest BCUT2D eigenvalue weighted by Gasteiger charge is 2.42. The average molecular weight is 629 g/mol. The van der Waals surface area contributed by atoms with Gasteiger partial charge in [0.2, 0.25) is 17.7 Å². The summed E-state index contributed by atoms with van der Waals surface area (Å²) in [5.74, 6) is 0.638. The monoisotopic (exact) mass is 628 g/mol. The van der Waals surface area contributed by atoms with Crippen LogP contribution < -0.4 is 10.1 Å². The van der Waals surface area contributed by atoms with E-state index in [1.807, 2.05) is 68.9 Å². The van der Waals surface area contributed by atoms with Gasteiger partial charge in [-0.25, -0.2) is 9.97 Å². The van der Waals surface area contributed by atoms with Gasteiger partial charge in [-0.2, -0.15) is 5.10 Å². The van der Waals surface area contributed by atoms with Gasteiger partial charge < -0.3 is 20.1 Å². The number of aliphatic hydroxyl groups excluding tert-OH is 1. The second kappa shape index (κ2) is 13.1. The van der Waals surface area contributed by atoms with Crippen molar-refractivity contribution in [1.29, 1.82) is 0 Å². The zero-order valence-corrected chi connectivity index (χ0v) is 26.9. The minimum absolute atomic E-state index is 0.0992. The van der Waals surface area contributed by atoms with Crippen molar-refractivity contribution in [3.8, 4) is 27.4 Å². The Morgan fingerprint density at radius 2 is 1.87 bits per heavy atom. The smallest absolute Gasteiger partial charge is 0.248 e. The Morgan fingerprint density at radius 1 is 1.09 bits per heavy atom. The van der Waals surface area contributed by atoms with E-state index in [2.05, 4.69) is 27.3 Å². The van der Waals surface area contributed by atoms with E-state index in [1.165, 1.54) is 4.90 Å². The summed E-state index contributed by atoms with van der Waals surface area (Å²) in [5.41, 5.74) is 6.60. The number of aryl methyl sites for hydroxylation is 1. The summed E-state index contributed by atoms with van der Waals surface area (Å²) in [6.07, 6.45) is 7.00. The van der Waals surface area contributed by atoms with Crippen LogP contribution in [-0.4, -0.2) is 66.4 Å². The van der Waals surface area contributed by atoms with Gasteiger partial charge in [0.1, 0.15) is 18.2 Å². The van der Waals surface area contributed by atoms with Crippen LogP contribution >= 0.6 is 11.3 Å². The Labute approximate surface area is 267 Å². The van der Waals surface area contributed by atoms with E-state index < -0.39 is 18.2 Å². The third kappa shape index (κ3) is 6.79. The molecule has 0 bridgehead atoms. The molecule has 1 unspecified atom stereocenters. The molecular formula is C34H40N6O4S. The van der Waals surface area contributed by atoms with Crippen LogP contribution in [0, 0.1) is 18.8 Å². The largest absolute Gasteiger partial charge is 0.474 e. The van der Waals surface area contributed by atoms with Crippen LogP contribution in [0.2, 0.25) is 0 Å². The number of carbonyl (C=O) groups excluding carboxylic acids is 2. The van der Waals surface area contributed by atoms with Crippen molar-refractivity contribution >= 4 is 23.2 Å². The van der Waals surface area contributed by atoms with E-state index in [-0.39, 0.29) is 36.8 Å². The number of nitrogens with one attached hydrogen (secondary N) is 1. The number of amides is 2. The fourth-order valence-corrected chi connectivity index (χ4v) is 7.04. The minimum Gasteiger partial charge on any atom is -0.474 e. The first-order valence-electron chi connectivity index (χ1n) is 15.6. The SMILES string of the molecule is Cc1ncsc1-c1ccc(CNC(=O)[C@@H]2C[C@@H](O)CN2C(=O)C(C(C)C)n2cc(-c3ccnc(OC4CC(C)C4)c3)cn2)cc1. The third-order valence-electron chi connectivity index (χ3n) is 8.75. The fraction of sp³-hybridized carbons (Fsp3) is 0.441. The molecule has 1 saturated heterocycles. The molecule has 2 aliphatic rings. The number of pyridine rings is 1. The minimum atomic E-state index is -0.776. The Kier molecular flexibility index (Phi) is 9.00. The molecule has 2 amide bonds. The van der Waals surface area contributed by atoms with Crippen molar-refractivity contribution in [1.82, 2.24) is 30.0 Å². The van der Waals surface area contributed by atoms with Gasteiger partial charge in [0.25, 0.3) is 0 Å². The molecule has 1 aliphatic carbocycles. The number of β-amino-alcohol motifs (C(OH)–C–C–N with tert-alkyl or cyclic N) is 1. The van der Waals surface area contributed by atoms with E-state index in [9.17, 15) is 14.7 Å². The average Bonchev–Trinajstić information content (AvgIpc) is 3.76. The summed E-state index contributed by atoms with van der Waals surface area (Å²) < 4.78 is 7.71. The lowest BCUT2D eigenvalue weighted by Gasteiger charge is -2.32. The van der Waals surface area contributed by atoms with Crippen molar-refractivity contribution < 1.29 is 19.4 Å². The maximum atomic E-state index is 14.0. The van der Waals surface area contributed by atoms with E-state index in [1.54, 1.807) is 28.4 Å². The second-order valence-corrected chi connectivity index (χ2v) is 13.5. The fourth-order valence-electron chi connectivity index (χ4n) is 6.23. The summed E-state index contributed by atoms with van der Waals surface area (Å²) in [7, 11) is 0. The number of hydrogen-bond donors (Lipinski definition) is 2. The molecule has 0 radical (unpaired) electrons. The number of ether oxygens (including phenoxy) is 1. The highest BCUT2D eigenvalue weighted by Crippen LogP contribution is 2.33. The first kappa shape index (κ1) is 30.9. The zero-order valence-electron chi connectivity index (χ0n) is 26.1. The summed E-state index contributed by atoms with van der Waals surface area (Å²) in [4.78, 5) is 38.7. The van der Waals surface area contributed by atoms with E-state index in [0.29, 0.717) is 18.3 Å². The van der Waals surface area contributed by atoms with Gasteiger partial charge in [-0.05, 0) is 54.4 Å². The van der Waals surface area contributed by atoms with Gasteiger partial charge >= 0.3 is 0 Å². The first-order valence-corrected chi connectivity index (χ1v) is 16.5. The Balaban J connectivity index is 1.12. The van der Waals surface area contributed by atoms with Crippen LogP contribution in [0.15, 0.2) is 60.5 Å². The Hall–Kier alpha value is -4.09. The molecule has 10 nitrogen and oxygen atoms in total. The van der Waals surface area contributed by atoms with Crippen LogP contribution in [0.4, 0.5) is 0 Å². The molecule has 4 aromatic rings. The molecule has 1 aliphatic heterocycles. The normalized spacial score (nSPS) is 21.9. The van der Waals surface area contributed by atoms with Crippen molar-refractivity contribution in [2.45, 2.75) is 77.8 Å². The van der Waals surface area contributed by atoms with E-state index in [0.717, 1.165) is 45.7 Å². The zero-order chi connectivity index (χ0) is 31.7. The second-order valence-electron chi connectivity index (χ2n) is 12.7. The quantitative estimate of drug-likeness (QED) is 0.253. The molecule has 3 atom stereocenters. The molecule has 2 fully saturated rings.